The number of hydrogen-bond donors (Lipinski definition) is 2. The second-order valence-electron chi connectivity index (χ2n) is 5.54. The molecule has 20 heavy (non-hydrogen) atoms. The Hall–Kier alpha value is -1.10. The van der Waals surface area contributed by atoms with Gasteiger partial charge >= 0.3 is 0 Å². The average molecular weight is 297 g/mol. The van der Waals surface area contributed by atoms with E-state index in [0.29, 0.717) is 22.9 Å². The lowest BCUT2D eigenvalue weighted by Crippen LogP contribution is -2.52. The molecule has 1 aliphatic heterocycles. The zero-order valence-electron chi connectivity index (χ0n) is 11.9. The molecule has 0 aromatic heterocycles. The van der Waals surface area contributed by atoms with E-state index in [2.05, 4.69) is 5.32 Å². The number of ketones is 1. The van der Waals surface area contributed by atoms with Crippen LogP contribution in [0.15, 0.2) is 18.2 Å². The van der Waals surface area contributed by atoms with Crippen LogP contribution >= 0.6 is 11.6 Å². The first-order valence-electron chi connectivity index (χ1n) is 6.91. The fraction of sp³-hybridized carbons (Fsp3) is 0.533. The lowest BCUT2D eigenvalue weighted by molar-refractivity contribution is 0.0314. The summed E-state index contributed by atoms with van der Waals surface area (Å²) >= 11 is 6.01. The molecule has 0 spiro atoms. The first-order valence-corrected chi connectivity index (χ1v) is 7.29. The third-order valence-corrected chi connectivity index (χ3v) is 3.93. The van der Waals surface area contributed by atoms with Crippen LogP contribution in [0.1, 0.15) is 37.0 Å². The van der Waals surface area contributed by atoms with Gasteiger partial charge in [0.2, 0.25) is 0 Å². The predicted octanol–water partition coefficient (Wildman–Crippen LogP) is 2.65. The summed E-state index contributed by atoms with van der Waals surface area (Å²) in [5, 5.41) is 3.72. The summed E-state index contributed by atoms with van der Waals surface area (Å²) in [6.45, 7) is 5.14. The van der Waals surface area contributed by atoms with E-state index < -0.39 is 5.54 Å². The van der Waals surface area contributed by atoms with Crippen LogP contribution in [0, 0.1) is 0 Å². The lowest BCUT2D eigenvalue weighted by Gasteiger charge is -2.29. The van der Waals surface area contributed by atoms with Crippen LogP contribution in [0.2, 0.25) is 5.02 Å². The van der Waals surface area contributed by atoms with Crippen LogP contribution in [0.25, 0.3) is 0 Å². The SMILES string of the molecule is CC(C)OCC1(C(=O)c2ccc(N)c(Cl)c2)CCCN1. The molecule has 1 heterocycles. The zero-order valence-corrected chi connectivity index (χ0v) is 12.7. The van der Waals surface area contributed by atoms with Crippen molar-refractivity contribution in [1.29, 1.82) is 0 Å². The van der Waals surface area contributed by atoms with Crippen molar-refractivity contribution >= 4 is 23.1 Å². The van der Waals surface area contributed by atoms with Crippen LogP contribution in [-0.2, 0) is 4.74 Å². The molecule has 1 aliphatic rings. The monoisotopic (exact) mass is 296 g/mol. The van der Waals surface area contributed by atoms with Gasteiger partial charge in [-0.05, 0) is 51.4 Å². The van der Waals surface area contributed by atoms with Gasteiger partial charge in [0.1, 0.15) is 5.54 Å². The molecule has 1 saturated heterocycles. The van der Waals surface area contributed by atoms with Crippen molar-refractivity contribution in [3.05, 3.63) is 28.8 Å². The molecule has 0 radical (unpaired) electrons. The van der Waals surface area contributed by atoms with Crippen molar-refractivity contribution in [2.45, 2.75) is 38.3 Å². The third-order valence-electron chi connectivity index (χ3n) is 3.60. The highest BCUT2D eigenvalue weighted by Crippen LogP contribution is 2.28. The highest BCUT2D eigenvalue weighted by atomic mass is 35.5. The van der Waals surface area contributed by atoms with Gasteiger partial charge in [0.25, 0.3) is 0 Å². The average Bonchev–Trinajstić information content (AvgIpc) is 2.89. The molecule has 0 amide bonds. The van der Waals surface area contributed by atoms with Crippen molar-refractivity contribution in [1.82, 2.24) is 5.32 Å². The lowest BCUT2D eigenvalue weighted by atomic mass is 9.88. The van der Waals surface area contributed by atoms with Crippen LogP contribution in [0.5, 0.6) is 0 Å². The van der Waals surface area contributed by atoms with Gasteiger partial charge in [-0.25, -0.2) is 0 Å². The van der Waals surface area contributed by atoms with Gasteiger partial charge in [-0.1, -0.05) is 11.6 Å². The molecule has 1 fully saturated rings. The van der Waals surface area contributed by atoms with Crippen LogP contribution in [0.4, 0.5) is 5.69 Å². The number of benzene rings is 1. The topological polar surface area (TPSA) is 64.3 Å². The summed E-state index contributed by atoms with van der Waals surface area (Å²) in [5.74, 6) is 0.0255. The molecule has 1 aromatic carbocycles. The molecule has 4 nitrogen and oxygen atoms in total. The molecule has 0 saturated carbocycles. The third kappa shape index (κ3) is 3.14. The number of nitrogens with two attached hydrogens (primary N) is 1. The minimum absolute atomic E-state index is 0.0255. The van der Waals surface area contributed by atoms with Crippen molar-refractivity contribution in [2.24, 2.45) is 0 Å². The van der Waals surface area contributed by atoms with Gasteiger partial charge in [-0.15, -0.1) is 0 Å². The predicted molar refractivity (Wildman–Crippen MR) is 81.3 cm³/mol. The fourth-order valence-corrected chi connectivity index (χ4v) is 2.62. The molecule has 3 N–H and O–H groups in total. The molecule has 5 heteroatoms. The van der Waals surface area contributed by atoms with Crippen LogP contribution < -0.4 is 11.1 Å². The van der Waals surface area contributed by atoms with E-state index in [9.17, 15) is 4.79 Å². The van der Waals surface area contributed by atoms with Gasteiger partial charge in [0.05, 0.1) is 23.4 Å². The quantitative estimate of drug-likeness (QED) is 0.648. The summed E-state index contributed by atoms with van der Waals surface area (Å²) < 4.78 is 5.68. The number of carbonyl (C=O) groups excluding carboxylic acids is 1. The molecular formula is C15H21ClN2O2. The Bertz CT molecular complexity index is 497. The Kier molecular flexibility index (Phi) is 4.68. The van der Waals surface area contributed by atoms with Crippen LogP contribution in [-0.4, -0.2) is 30.6 Å². The maximum Gasteiger partial charge on any atom is 0.185 e. The van der Waals surface area contributed by atoms with Gasteiger partial charge in [0, 0.05) is 5.56 Å². The normalized spacial score (nSPS) is 22.4. The molecule has 110 valence electrons. The maximum atomic E-state index is 12.8. The fourth-order valence-electron chi connectivity index (χ4n) is 2.44. The van der Waals surface area contributed by atoms with Gasteiger partial charge in [-0.2, -0.15) is 0 Å². The van der Waals surface area contributed by atoms with E-state index in [1.807, 2.05) is 13.8 Å². The number of Topliss-reactive ketones (excluding diaryl/α,β-unsaturated/α-hetero) is 1. The number of ether oxygens (including phenoxy) is 1. The Morgan fingerprint density at radius 2 is 2.30 bits per heavy atom. The summed E-state index contributed by atoms with van der Waals surface area (Å²) in [4.78, 5) is 12.8. The van der Waals surface area contributed by atoms with Gasteiger partial charge in [-0.3, -0.25) is 4.79 Å². The molecule has 0 aliphatic carbocycles. The smallest absolute Gasteiger partial charge is 0.185 e. The number of carbonyl (C=O) groups is 1. The second-order valence-corrected chi connectivity index (χ2v) is 5.94. The Morgan fingerprint density at radius 1 is 1.55 bits per heavy atom. The summed E-state index contributed by atoms with van der Waals surface area (Å²) in [6, 6.07) is 5.03. The largest absolute Gasteiger partial charge is 0.398 e. The van der Waals surface area contributed by atoms with Gasteiger partial charge in [0.15, 0.2) is 5.78 Å². The molecule has 1 aromatic rings. The Morgan fingerprint density at radius 3 is 2.85 bits per heavy atom. The van der Waals surface area contributed by atoms with E-state index in [4.69, 9.17) is 22.1 Å². The zero-order chi connectivity index (χ0) is 14.8. The van der Waals surface area contributed by atoms with Crippen molar-refractivity contribution in [3.8, 4) is 0 Å². The second kappa shape index (κ2) is 6.12. The van der Waals surface area contributed by atoms with Crippen LogP contribution in [0.3, 0.4) is 0 Å². The minimum Gasteiger partial charge on any atom is -0.398 e. The van der Waals surface area contributed by atoms with Crippen molar-refractivity contribution in [2.75, 3.05) is 18.9 Å². The molecule has 1 atom stereocenters. The highest BCUT2D eigenvalue weighted by Gasteiger charge is 2.41. The van der Waals surface area contributed by atoms with E-state index >= 15 is 0 Å². The number of rotatable bonds is 5. The number of nitrogen functional groups attached to an aromatic ring is 1. The first kappa shape index (κ1) is 15.3. The van der Waals surface area contributed by atoms with E-state index in [-0.39, 0.29) is 11.9 Å². The highest BCUT2D eigenvalue weighted by molar-refractivity contribution is 6.33. The maximum absolute atomic E-state index is 12.8. The Balaban J connectivity index is 2.24. The van der Waals surface area contributed by atoms with E-state index in [1.165, 1.54) is 0 Å². The Labute approximate surface area is 124 Å². The number of halogens is 1. The summed E-state index contributed by atoms with van der Waals surface area (Å²) in [7, 11) is 0. The van der Waals surface area contributed by atoms with E-state index in [1.54, 1.807) is 18.2 Å². The number of hydrogen-bond acceptors (Lipinski definition) is 4. The molecule has 2 rings (SSSR count). The molecule has 0 bridgehead atoms. The summed E-state index contributed by atoms with van der Waals surface area (Å²) in [5.41, 5.74) is 6.11. The minimum atomic E-state index is -0.635. The first-order chi connectivity index (χ1) is 9.44. The number of nitrogens with one attached hydrogen (secondary N) is 1. The van der Waals surface area contributed by atoms with Crippen molar-refractivity contribution in [3.63, 3.8) is 0 Å². The summed E-state index contributed by atoms with van der Waals surface area (Å²) in [6.07, 6.45) is 1.84. The van der Waals surface area contributed by atoms with Crippen molar-refractivity contribution < 1.29 is 9.53 Å². The van der Waals surface area contributed by atoms with E-state index in [0.717, 1.165) is 19.4 Å². The number of anilines is 1. The van der Waals surface area contributed by atoms with Gasteiger partial charge < -0.3 is 15.8 Å². The molecular weight excluding hydrogens is 276 g/mol. The standard InChI is InChI=1S/C15H21ClN2O2/c1-10(2)20-9-15(6-3-7-18-15)14(19)11-4-5-13(17)12(16)8-11/h4-5,8,10,18H,3,6-7,9,17H2,1-2H3. The molecule has 1 unspecified atom stereocenters.